The zero-order chi connectivity index (χ0) is 26.2. The molecule has 1 aromatic heterocycles. The quantitative estimate of drug-likeness (QED) is 0.519. The van der Waals surface area contributed by atoms with E-state index in [-0.39, 0.29) is 35.5 Å². The van der Waals surface area contributed by atoms with Gasteiger partial charge in [0.15, 0.2) is 5.82 Å². The number of hydrogen-bond acceptors (Lipinski definition) is 6. The molecule has 1 saturated heterocycles. The van der Waals surface area contributed by atoms with Gasteiger partial charge in [0, 0.05) is 41.9 Å². The highest BCUT2D eigenvalue weighted by Crippen LogP contribution is 2.37. The Hall–Kier alpha value is -3.87. The Kier molecular flexibility index (Phi) is 6.63. The van der Waals surface area contributed by atoms with Crippen molar-refractivity contribution in [2.24, 2.45) is 0 Å². The second-order valence-electron chi connectivity index (χ2n) is 10.7. The zero-order valence-electron chi connectivity index (χ0n) is 21.2. The van der Waals surface area contributed by atoms with Gasteiger partial charge in [0.25, 0.3) is 0 Å². The zero-order valence-corrected chi connectivity index (χ0v) is 21.2. The third-order valence-corrected chi connectivity index (χ3v) is 7.75. The van der Waals surface area contributed by atoms with E-state index in [9.17, 15) is 19.6 Å². The molecule has 10 heteroatoms. The predicted molar refractivity (Wildman–Crippen MR) is 136 cm³/mol. The number of carbonyl (C=O) groups is 3. The molecule has 0 bridgehead atoms. The number of aromatic amines is 1. The summed E-state index contributed by atoms with van der Waals surface area (Å²) in [6, 6.07) is 9.20. The molecule has 2 aliphatic carbocycles. The number of hydrogen-bond donors (Lipinski definition) is 3. The van der Waals surface area contributed by atoms with Crippen LogP contribution < -0.4 is 15.5 Å². The number of alkyl carbamates (subject to hydrolysis) is 1. The van der Waals surface area contributed by atoms with Crippen molar-refractivity contribution in [2.45, 2.75) is 82.3 Å². The van der Waals surface area contributed by atoms with Crippen LogP contribution in [0.3, 0.4) is 0 Å². The number of ether oxygens (including phenoxy) is 1. The summed E-state index contributed by atoms with van der Waals surface area (Å²) in [4.78, 5) is 38.8. The molecular weight excluding hydrogens is 472 g/mol. The number of H-pyrrole nitrogens is 1. The Bertz CT molecular complexity index is 1260. The van der Waals surface area contributed by atoms with Gasteiger partial charge in [0.1, 0.15) is 6.10 Å². The van der Waals surface area contributed by atoms with Crippen LogP contribution in [-0.4, -0.2) is 46.3 Å². The normalized spacial score (nSPS) is 22.8. The summed E-state index contributed by atoms with van der Waals surface area (Å²) >= 11 is 0. The van der Waals surface area contributed by atoms with Crippen LogP contribution in [0.15, 0.2) is 24.3 Å². The van der Waals surface area contributed by atoms with Crippen molar-refractivity contribution in [1.29, 1.82) is 5.26 Å². The van der Waals surface area contributed by atoms with E-state index in [0.717, 1.165) is 37.8 Å². The number of nitriles is 1. The molecule has 194 valence electrons. The van der Waals surface area contributed by atoms with Crippen LogP contribution in [0.25, 0.3) is 0 Å². The van der Waals surface area contributed by atoms with Crippen LogP contribution in [0.2, 0.25) is 0 Å². The number of carbonyl (C=O) groups excluding carboxylic acids is 3. The lowest BCUT2D eigenvalue weighted by Crippen LogP contribution is -2.36. The molecule has 1 aromatic carbocycles. The van der Waals surface area contributed by atoms with E-state index < -0.39 is 5.92 Å². The number of benzene rings is 1. The lowest BCUT2D eigenvalue weighted by molar-refractivity contribution is -0.118. The maximum absolute atomic E-state index is 13.0. The van der Waals surface area contributed by atoms with Crippen molar-refractivity contribution >= 4 is 29.4 Å². The highest BCUT2D eigenvalue weighted by molar-refractivity contribution is 5.97. The molecule has 1 unspecified atom stereocenters. The molecule has 2 saturated carbocycles. The number of aromatic nitrogens is 2. The summed E-state index contributed by atoms with van der Waals surface area (Å²) < 4.78 is 5.60. The smallest absolute Gasteiger partial charge is 0.407 e. The van der Waals surface area contributed by atoms with E-state index in [1.165, 1.54) is 0 Å². The van der Waals surface area contributed by atoms with Crippen molar-refractivity contribution in [2.75, 3.05) is 16.8 Å². The molecule has 37 heavy (non-hydrogen) atoms. The van der Waals surface area contributed by atoms with Gasteiger partial charge in [0.05, 0.1) is 17.6 Å². The first kappa shape index (κ1) is 24.8. The minimum atomic E-state index is -0.589. The summed E-state index contributed by atoms with van der Waals surface area (Å²) in [6.45, 7) is 4.40. The van der Waals surface area contributed by atoms with Crippen LogP contribution in [0.5, 0.6) is 0 Å². The van der Waals surface area contributed by atoms with E-state index in [2.05, 4.69) is 26.9 Å². The number of amides is 3. The topological polar surface area (TPSA) is 140 Å². The van der Waals surface area contributed by atoms with Gasteiger partial charge in [-0.3, -0.25) is 14.7 Å². The minimum Gasteiger partial charge on any atom is -0.446 e. The largest absolute Gasteiger partial charge is 0.446 e. The van der Waals surface area contributed by atoms with Gasteiger partial charge >= 0.3 is 6.09 Å². The molecule has 2 aromatic rings. The molecule has 3 amide bonds. The average Bonchev–Trinajstić information content (AvgIpc) is 3.28. The molecule has 3 N–H and O–H groups in total. The summed E-state index contributed by atoms with van der Waals surface area (Å²) in [5, 5.41) is 22.7. The third kappa shape index (κ3) is 5.45. The van der Waals surface area contributed by atoms with Gasteiger partial charge in [-0.05, 0) is 70.1 Å². The first-order valence-electron chi connectivity index (χ1n) is 12.9. The predicted octanol–water partition coefficient (Wildman–Crippen LogP) is 4.07. The van der Waals surface area contributed by atoms with Crippen molar-refractivity contribution in [1.82, 2.24) is 15.5 Å². The number of anilines is 2. The van der Waals surface area contributed by atoms with Gasteiger partial charge in [-0.25, -0.2) is 4.79 Å². The fourth-order valence-electron chi connectivity index (χ4n) is 5.16. The van der Waals surface area contributed by atoms with E-state index in [4.69, 9.17) is 4.74 Å². The van der Waals surface area contributed by atoms with Gasteiger partial charge in [-0.1, -0.05) is 6.07 Å². The summed E-state index contributed by atoms with van der Waals surface area (Å²) in [5.74, 6) is -0.247. The molecule has 2 heterocycles. The highest BCUT2D eigenvalue weighted by atomic mass is 16.6. The molecule has 10 nitrogen and oxygen atoms in total. The van der Waals surface area contributed by atoms with Crippen LogP contribution >= 0.6 is 0 Å². The number of nitrogens with one attached hydrogen (secondary N) is 3. The van der Waals surface area contributed by atoms with Gasteiger partial charge in [-0.2, -0.15) is 10.4 Å². The molecular formula is C27H32N6O4. The lowest BCUT2D eigenvalue weighted by atomic mass is 9.94. The molecule has 0 spiro atoms. The van der Waals surface area contributed by atoms with Crippen LogP contribution in [0.1, 0.15) is 87.4 Å². The molecule has 5 rings (SSSR count). The Morgan fingerprint density at radius 3 is 2.81 bits per heavy atom. The molecule has 3 aliphatic rings. The average molecular weight is 505 g/mol. The molecule has 3 fully saturated rings. The molecule has 0 radical (unpaired) electrons. The summed E-state index contributed by atoms with van der Waals surface area (Å²) in [5.41, 5.74) is 2.44. The van der Waals surface area contributed by atoms with Crippen molar-refractivity contribution in [3.63, 3.8) is 0 Å². The minimum absolute atomic E-state index is 0.0489. The van der Waals surface area contributed by atoms with E-state index >= 15 is 0 Å². The number of rotatable bonds is 7. The van der Waals surface area contributed by atoms with Gasteiger partial charge in [-0.15, -0.1) is 0 Å². The third-order valence-electron chi connectivity index (χ3n) is 7.75. The number of nitrogens with zero attached hydrogens (tertiary/aromatic N) is 3. The maximum atomic E-state index is 13.0. The monoisotopic (exact) mass is 504 g/mol. The van der Waals surface area contributed by atoms with E-state index in [1.54, 1.807) is 30.0 Å². The Labute approximate surface area is 215 Å². The Balaban J connectivity index is 1.18. The SMILES string of the molecule is CC(C(=O)Nc1cc([C@H]2CC[C@H](OC(=O)NC3(C)CC3)C2)[nH]n1)c1ccc(N2CCCC2=O)cc1C#N. The second kappa shape index (κ2) is 9.88. The highest BCUT2D eigenvalue weighted by Gasteiger charge is 2.40. The van der Waals surface area contributed by atoms with Crippen LogP contribution in [0.4, 0.5) is 16.3 Å². The fraction of sp³-hybridized carbons (Fsp3) is 0.519. The van der Waals surface area contributed by atoms with Gasteiger partial charge in [0.2, 0.25) is 11.8 Å². The summed E-state index contributed by atoms with van der Waals surface area (Å²) in [7, 11) is 0. The lowest BCUT2D eigenvalue weighted by Gasteiger charge is -2.18. The first-order valence-corrected chi connectivity index (χ1v) is 12.9. The van der Waals surface area contributed by atoms with E-state index in [0.29, 0.717) is 42.0 Å². The summed E-state index contributed by atoms with van der Waals surface area (Å²) in [6.07, 6.45) is 5.13. The van der Waals surface area contributed by atoms with Crippen molar-refractivity contribution < 1.29 is 19.1 Å². The van der Waals surface area contributed by atoms with Crippen molar-refractivity contribution in [3.8, 4) is 6.07 Å². The molecule has 1 aliphatic heterocycles. The van der Waals surface area contributed by atoms with Crippen LogP contribution in [0, 0.1) is 11.3 Å². The molecule has 3 atom stereocenters. The standard InChI is InChI=1S/C27H32N6O4/c1-16(21-8-6-19(12-18(21)15-28)33-11-3-4-24(33)34)25(35)29-23-14-22(31-32-23)17-5-7-20(13-17)37-26(36)30-27(2)9-10-27/h6,8,12,14,16-17,20H,3-5,7,9-11,13H2,1-2H3,(H,30,36)(H2,29,31,32,35)/t16?,17-,20-/m0/s1. The first-order chi connectivity index (χ1) is 17.7. The van der Waals surface area contributed by atoms with Crippen molar-refractivity contribution in [3.05, 3.63) is 41.1 Å². The fourth-order valence-corrected chi connectivity index (χ4v) is 5.16. The maximum Gasteiger partial charge on any atom is 0.407 e. The Morgan fingerprint density at radius 2 is 2.11 bits per heavy atom. The second-order valence-corrected chi connectivity index (χ2v) is 10.7. The van der Waals surface area contributed by atoms with Crippen LogP contribution in [-0.2, 0) is 14.3 Å². The Morgan fingerprint density at radius 1 is 1.30 bits per heavy atom. The van der Waals surface area contributed by atoms with E-state index in [1.807, 2.05) is 13.0 Å². The van der Waals surface area contributed by atoms with Gasteiger partial charge < -0.3 is 20.3 Å².